The van der Waals surface area contributed by atoms with Gasteiger partial charge in [0.2, 0.25) is 0 Å². The summed E-state index contributed by atoms with van der Waals surface area (Å²) in [4.78, 5) is 12.0. The van der Waals surface area contributed by atoms with Gasteiger partial charge in [-0.1, -0.05) is 25.7 Å². The van der Waals surface area contributed by atoms with Gasteiger partial charge in [0.1, 0.15) is 12.4 Å². The summed E-state index contributed by atoms with van der Waals surface area (Å²) in [5, 5.41) is 11.5. The molecule has 4 heteroatoms. The smallest absolute Gasteiger partial charge is 0.252 e. The van der Waals surface area contributed by atoms with Crippen molar-refractivity contribution in [3.63, 3.8) is 0 Å². The second kappa shape index (κ2) is 8.34. The van der Waals surface area contributed by atoms with Crippen LogP contribution in [0.25, 0.3) is 0 Å². The van der Waals surface area contributed by atoms with Gasteiger partial charge < -0.3 is 10.4 Å². The van der Waals surface area contributed by atoms with Crippen LogP contribution in [0, 0.1) is 23.6 Å². The molecule has 0 bridgehead atoms. The Bertz CT molecular complexity index is 515. The van der Waals surface area contributed by atoms with Gasteiger partial charge in [0, 0.05) is 12.1 Å². The van der Waals surface area contributed by atoms with Crippen molar-refractivity contribution >= 4 is 5.91 Å². The van der Waals surface area contributed by atoms with Crippen molar-refractivity contribution in [2.24, 2.45) is 5.92 Å². The SMILES string of the molecule is CC(C)CCCNC(=O)c1ccc(F)cc1C#CCO. The van der Waals surface area contributed by atoms with Crippen molar-refractivity contribution in [3.05, 3.63) is 35.1 Å². The summed E-state index contributed by atoms with van der Waals surface area (Å²) in [6, 6.07) is 3.84. The van der Waals surface area contributed by atoms with Crippen molar-refractivity contribution in [2.45, 2.75) is 26.7 Å². The van der Waals surface area contributed by atoms with E-state index in [-0.39, 0.29) is 12.5 Å². The number of aliphatic hydroxyl groups is 1. The van der Waals surface area contributed by atoms with Crippen molar-refractivity contribution < 1.29 is 14.3 Å². The van der Waals surface area contributed by atoms with Gasteiger partial charge in [-0.15, -0.1) is 0 Å². The lowest BCUT2D eigenvalue weighted by molar-refractivity contribution is 0.0952. The normalized spacial score (nSPS) is 10.1. The number of hydrogen-bond acceptors (Lipinski definition) is 2. The van der Waals surface area contributed by atoms with Crippen LogP contribution in [0.5, 0.6) is 0 Å². The number of hydrogen-bond donors (Lipinski definition) is 2. The van der Waals surface area contributed by atoms with E-state index < -0.39 is 5.82 Å². The molecule has 20 heavy (non-hydrogen) atoms. The molecule has 1 aromatic rings. The number of aliphatic hydroxyl groups excluding tert-OH is 1. The number of rotatable bonds is 5. The van der Waals surface area contributed by atoms with Crippen molar-refractivity contribution in [1.29, 1.82) is 0 Å². The summed E-state index contributed by atoms with van der Waals surface area (Å²) >= 11 is 0. The summed E-state index contributed by atoms with van der Waals surface area (Å²) in [6.07, 6.45) is 1.95. The van der Waals surface area contributed by atoms with E-state index in [1.54, 1.807) is 0 Å². The van der Waals surface area contributed by atoms with Gasteiger partial charge in [-0.2, -0.15) is 0 Å². The summed E-state index contributed by atoms with van der Waals surface area (Å²) in [5.41, 5.74) is 0.623. The van der Waals surface area contributed by atoms with Crippen LogP contribution >= 0.6 is 0 Å². The first-order valence-corrected chi connectivity index (χ1v) is 6.72. The van der Waals surface area contributed by atoms with Crippen LogP contribution < -0.4 is 5.32 Å². The maximum atomic E-state index is 13.2. The molecule has 1 amide bonds. The molecule has 0 fully saturated rings. The third-order valence-corrected chi connectivity index (χ3v) is 2.77. The minimum absolute atomic E-state index is 0.268. The number of benzene rings is 1. The Kier molecular flexibility index (Phi) is 6.75. The molecule has 0 aliphatic rings. The number of carbonyl (C=O) groups is 1. The molecule has 0 unspecified atom stereocenters. The summed E-state index contributed by atoms with van der Waals surface area (Å²) in [6.45, 7) is 4.52. The van der Waals surface area contributed by atoms with E-state index >= 15 is 0 Å². The number of carbonyl (C=O) groups excluding carboxylic acids is 1. The summed E-state index contributed by atoms with van der Waals surface area (Å²) in [7, 11) is 0. The van der Waals surface area contributed by atoms with Gasteiger partial charge in [0.15, 0.2) is 0 Å². The van der Waals surface area contributed by atoms with E-state index in [1.807, 2.05) is 0 Å². The highest BCUT2D eigenvalue weighted by Gasteiger charge is 2.10. The summed E-state index contributed by atoms with van der Waals surface area (Å²) in [5.74, 6) is 4.90. The fourth-order valence-corrected chi connectivity index (χ4v) is 1.76. The monoisotopic (exact) mass is 277 g/mol. The molecule has 2 N–H and O–H groups in total. The van der Waals surface area contributed by atoms with Crippen LogP contribution in [-0.2, 0) is 0 Å². The molecule has 0 aliphatic carbocycles. The van der Waals surface area contributed by atoms with Crippen LogP contribution in [0.15, 0.2) is 18.2 Å². The van der Waals surface area contributed by atoms with Gasteiger partial charge in [0.05, 0.1) is 5.56 Å². The maximum absolute atomic E-state index is 13.2. The Hall–Kier alpha value is -1.86. The topological polar surface area (TPSA) is 49.3 Å². The third-order valence-electron chi connectivity index (χ3n) is 2.77. The zero-order valence-electron chi connectivity index (χ0n) is 11.9. The van der Waals surface area contributed by atoms with Crippen LogP contribution in [0.3, 0.4) is 0 Å². The predicted octanol–water partition coefficient (Wildman–Crippen LogP) is 2.34. The quantitative estimate of drug-likeness (QED) is 0.641. The molecule has 0 heterocycles. The minimum Gasteiger partial charge on any atom is -0.384 e. The van der Waals surface area contributed by atoms with E-state index in [2.05, 4.69) is 31.0 Å². The lowest BCUT2D eigenvalue weighted by Crippen LogP contribution is -2.25. The first-order chi connectivity index (χ1) is 9.54. The Balaban J connectivity index is 2.72. The highest BCUT2D eigenvalue weighted by Crippen LogP contribution is 2.10. The van der Waals surface area contributed by atoms with Gasteiger partial charge in [-0.05, 0) is 37.0 Å². The van der Waals surface area contributed by atoms with Crippen LogP contribution in [-0.4, -0.2) is 24.2 Å². The van der Waals surface area contributed by atoms with Crippen molar-refractivity contribution in [2.75, 3.05) is 13.2 Å². The maximum Gasteiger partial charge on any atom is 0.252 e. The standard InChI is InChI=1S/C16H20FNO2/c1-12(2)5-3-9-18-16(20)15-8-7-14(17)11-13(15)6-4-10-19/h7-8,11-12,19H,3,5,9-10H2,1-2H3,(H,18,20). The molecule has 0 radical (unpaired) electrons. The van der Waals surface area contributed by atoms with Crippen LogP contribution in [0.4, 0.5) is 4.39 Å². The molecule has 3 nitrogen and oxygen atoms in total. The predicted molar refractivity (Wildman–Crippen MR) is 76.8 cm³/mol. The Morgan fingerprint density at radius 3 is 2.85 bits per heavy atom. The molecule has 0 aromatic heterocycles. The highest BCUT2D eigenvalue weighted by molar-refractivity contribution is 5.96. The first-order valence-electron chi connectivity index (χ1n) is 6.72. The zero-order valence-corrected chi connectivity index (χ0v) is 11.9. The number of nitrogens with one attached hydrogen (secondary N) is 1. The fraction of sp³-hybridized carbons (Fsp3) is 0.438. The molecule has 0 spiro atoms. The molecule has 0 aliphatic heterocycles. The molecular weight excluding hydrogens is 257 g/mol. The average molecular weight is 277 g/mol. The highest BCUT2D eigenvalue weighted by atomic mass is 19.1. The van der Waals surface area contributed by atoms with E-state index in [0.29, 0.717) is 23.6 Å². The second-order valence-corrected chi connectivity index (χ2v) is 4.94. The van der Waals surface area contributed by atoms with E-state index in [1.165, 1.54) is 18.2 Å². The van der Waals surface area contributed by atoms with Gasteiger partial charge >= 0.3 is 0 Å². The van der Waals surface area contributed by atoms with Crippen molar-refractivity contribution in [3.8, 4) is 11.8 Å². The van der Waals surface area contributed by atoms with Crippen molar-refractivity contribution in [1.82, 2.24) is 5.32 Å². The van der Waals surface area contributed by atoms with Crippen LogP contribution in [0.2, 0.25) is 0 Å². The molecule has 0 saturated carbocycles. The van der Waals surface area contributed by atoms with Crippen LogP contribution in [0.1, 0.15) is 42.6 Å². The molecule has 1 aromatic carbocycles. The largest absolute Gasteiger partial charge is 0.384 e. The first kappa shape index (κ1) is 16.2. The Morgan fingerprint density at radius 2 is 2.20 bits per heavy atom. The zero-order chi connectivity index (χ0) is 15.0. The third kappa shape index (κ3) is 5.41. The lowest BCUT2D eigenvalue weighted by atomic mass is 10.1. The molecule has 1 rings (SSSR count). The van der Waals surface area contributed by atoms with E-state index in [4.69, 9.17) is 5.11 Å². The van der Waals surface area contributed by atoms with Gasteiger partial charge in [-0.25, -0.2) is 4.39 Å². The number of halogens is 1. The second-order valence-electron chi connectivity index (χ2n) is 4.94. The van der Waals surface area contributed by atoms with Gasteiger partial charge in [0.25, 0.3) is 5.91 Å². The molecule has 0 atom stereocenters. The Morgan fingerprint density at radius 1 is 1.45 bits per heavy atom. The average Bonchev–Trinajstić information content (AvgIpc) is 2.41. The minimum atomic E-state index is -0.455. The van der Waals surface area contributed by atoms with E-state index in [0.717, 1.165) is 12.8 Å². The number of amides is 1. The van der Waals surface area contributed by atoms with E-state index in [9.17, 15) is 9.18 Å². The lowest BCUT2D eigenvalue weighted by Gasteiger charge is -2.08. The Labute approximate surface area is 119 Å². The summed E-state index contributed by atoms with van der Waals surface area (Å²) < 4.78 is 13.2. The van der Waals surface area contributed by atoms with Gasteiger partial charge in [-0.3, -0.25) is 4.79 Å². The molecule has 0 saturated heterocycles. The molecular formula is C16H20FNO2. The fourth-order valence-electron chi connectivity index (χ4n) is 1.76. The molecule has 108 valence electrons.